The Kier molecular flexibility index (Phi) is 6.77. The third kappa shape index (κ3) is 5.10. The van der Waals surface area contributed by atoms with Crippen LogP contribution in [-0.4, -0.2) is 11.9 Å². The Labute approximate surface area is 127 Å². The first kappa shape index (κ1) is 19.5. The maximum atomic E-state index is 12.7. The van der Waals surface area contributed by atoms with E-state index in [0.717, 1.165) is 6.42 Å². The second-order valence-electron chi connectivity index (χ2n) is 8.54. The number of nitrogens with one attached hydrogen (secondary N) is 1. The smallest absolute Gasteiger partial charge is 0.223 e. The molecule has 1 amide bonds. The number of amides is 1. The molecule has 0 aliphatic carbocycles. The van der Waals surface area contributed by atoms with Crippen LogP contribution in [0.15, 0.2) is 0 Å². The normalized spacial score (nSPS) is 15.1. The van der Waals surface area contributed by atoms with Crippen LogP contribution in [0, 0.1) is 28.6 Å². The minimum Gasteiger partial charge on any atom is -0.354 e. The highest BCUT2D eigenvalue weighted by molar-refractivity contribution is 5.79. The van der Waals surface area contributed by atoms with Crippen LogP contribution >= 0.6 is 0 Å². The number of rotatable bonds is 7. The fourth-order valence-electron chi connectivity index (χ4n) is 2.24. The van der Waals surface area contributed by atoms with Crippen LogP contribution in [-0.2, 0) is 4.79 Å². The zero-order chi connectivity index (χ0) is 16.3. The van der Waals surface area contributed by atoms with E-state index in [1.54, 1.807) is 0 Å². The molecular formula is C18H37NO. The third-order valence-electron chi connectivity index (χ3n) is 5.43. The quantitative estimate of drug-likeness (QED) is 0.708. The van der Waals surface area contributed by atoms with Crippen molar-refractivity contribution in [2.45, 2.75) is 81.7 Å². The molecule has 2 heteroatoms. The van der Waals surface area contributed by atoms with Gasteiger partial charge in [0, 0.05) is 12.0 Å². The van der Waals surface area contributed by atoms with E-state index in [4.69, 9.17) is 0 Å². The van der Waals surface area contributed by atoms with Crippen molar-refractivity contribution in [2.75, 3.05) is 0 Å². The summed E-state index contributed by atoms with van der Waals surface area (Å²) in [5.74, 6) is 1.32. The number of hydrogen-bond acceptors (Lipinski definition) is 1. The van der Waals surface area contributed by atoms with Gasteiger partial charge in [0.05, 0.1) is 0 Å². The molecule has 0 aromatic carbocycles. The number of carbonyl (C=O) groups excluding carboxylic acids is 1. The van der Waals surface area contributed by atoms with Gasteiger partial charge in [-0.15, -0.1) is 0 Å². The van der Waals surface area contributed by atoms with Crippen molar-refractivity contribution in [3.05, 3.63) is 0 Å². The monoisotopic (exact) mass is 283 g/mol. The molecule has 0 aliphatic rings. The average Bonchev–Trinajstić information content (AvgIpc) is 2.24. The molecule has 0 radical (unpaired) electrons. The minimum absolute atomic E-state index is 0.00509. The second-order valence-corrected chi connectivity index (χ2v) is 8.54. The van der Waals surface area contributed by atoms with Crippen molar-refractivity contribution in [1.29, 1.82) is 0 Å². The molecule has 1 unspecified atom stereocenters. The molecular weight excluding hydrogens is 246 g/mol. The van der Waals surface area contributed by atoms with Gasteiger partial charge in [-0.3, -0.25) is 4.79 Å². The Hall–Kier alpha value is -0.530. The highest BCUT2D eigenvalue weighted by atomic mass is 16.2. The van der Waals surface area contributed by atoms with E-state index in [-0.39, 0.29) is 28.7 Å². The van der Waals surface area contributed by atoms with Crippen LogP contribution in [0.25, 0.3) is 0 Å². The van der Waals surface area contributed by atoms with E-state index in [1.165, 1.54) is 0 Å². The van der Waals surface area contributed by atoms with Crippen LogP contribution in [0.5, 0.6) is 0 Å². The first-order valence-electron chi connectivity index (χ1n) is 8.12. The zero-order valence-corrected chi connectivity index (χ0v) is 15.4. The van der Waals surface area contributed by atoms with Gasteiger partial charge in [0.25, 0.3) is 0 Å². The van der Waals surface area contributed by atoms with Gasteiger partial charge in [0.15, 0.2) is 0 Å². The fraction of sp³-hybridized carbons (Fsp3) is 0.944. The van der Waals surface area contributed by atoms with E-state index < -0.39 is 0 Å². The van der Waals surface area contributed by atoms with Crippen LogP contribution in [0.2, 0.25) is 0 Å². The topological polar surface area (TPSA) is 29.1 Å². The fourth-order valence-corrected chi connectivity index (χ4v) is 2.24. The number of carbonyl (C=O) groups is 1. The Bertz CT molecular complexity index is 313. The van der Waals surface area contributed by atoms with Crippen molar-refractivity contribution in [2.24, 2.45) is 28.6 Å². The summed E-state index contributed by atoms with van der Waals surface area (Å²) in [4.78, 5) is 12.7. The van der Waals surface area contributed by atoms with Crippen LogP contribution < -0.4 is 5.32 Å². The summed E-state index contributed by atoms with van der Waals surface area (Å²) in [5.41, 5.74) is 0.177. The molecule has 1 N–H and O–H groups in total. The lowest BCUT2D eigenvalue weighted by Gasteiger charge is -2.42. The van der Waals surface area contributed by atoms with Gasteiger partial charge < -0.3 is 5.32 Å². The maximum absolute atomic E-state index is 12.7. The molecule has 0 saturated carbocycles. The Morgan fingerprint density at radius 1 is 0.900 bits per heavy atom. The molecule has 1 atom stereocenters. The summed E-state index contributed by atoms with van der Waals surface area (Å²) in [6, 6.07) is 0.204. The van der Waals surface area contributed by atoms with Crippen molar-refractivity contribution < 1.29 is 4.79 Å². The molecule has 0 heterocycles. The van der Waals surface area contributed by atoms with Crippen LogP contribution in [0.3, 0.4) is 0 Å². The molecule has 0 aromatic heterocycles. The van der Waals surface area contributed by atoms with Crippen LogP contribution in [0.1, 0.15) is 75.7 Å². The molecule has 0 bridgehead atoms. The minimum atomic E-state index is 0.00509. The SMILES string of the molecule is CC(C)NC(=O)C(CC(C)(C)C(C)C)C(C)(C)C(C)C. The van der Waals surface area contributed by atoms with E-state index >= 15 is 0 Å². The van der Waals surface area contributed by atoms with Gasteiger partial charge in [0.1, 0.15) is 0 Å². The first-order chi connectivity index (χ1) is 8.82. The predicted octanol–water partition coefficient (Wildman–Crippen LogP) is 4.88. The Morgan fingerprint density at radius 2 is 1.35 bits per heavy atom. The second kappa shape index (κ2) is 6.95. The Morgan fingerprint density at radius 3 is 1.65 bits per heavy atom. The van der Waals surface area contributed by atoms with Gasteiger partial charge in [-0.2, -0.15) is 0 Å². The summed E-state index contributed by atoms with van der Waals surface area (Å²) in [6.45, 7) is 22.0. The molecule has 0 saturated heterocycles. The Balaban J connectivity index is 5.33. The van der Waals surface area contributed by atoms with Gasteiger partial charge in [-0.1, -0.05) is 55.4 Å². The van der Waals surface area contributed by atoms with Gasteiger partial charge in [-0.05, 0) is 42.9 Å². The van der Waals surface area contributed by atoms with E-state index in [1.807, 2.05) is 13.8 Å². The molecule has 0 fully saturated rings. The van der Waals surface area contributed by atoms with E-state index in [2.05, 4.69) is 60.7 Å². The lowest BCUT2D eigenvalue weighted by Crippen LogP contribution is -2.46. The molecule has 2 nitrogen and oxygen atoms in total. The van der Waals surface area contributed by atoms with Crippen molar-refractivity contribution >= 4 is 5.91 Å². The van der Waals surface area contributed by atoms with Crippen molar-refractivity contribution in [3.63, 3.8) is 0 Å². The van der Waals surface area contributed by atoms with Crippen LogP contribution in [0.4, 0.5) is 0 Å². The highest BCUT2D eigenvalue weighted by Crippen LogP contribution is 2.44. The largest absolute Gasteiger partial charge is 0.354 e. The van der Waals surface area contributed by atoms with Gasteiger partial charge >= 0.3 is 0 Å². The predicted molar refractivity (Wildman–Crippen MR) is 88.6 cm³/mol. The maximum Gasteiger partial charge on any atom is 0.223 e. The highest BCUT2D eigenvalue weighted by Gasteiger charge is 2.41. The summed E-state index contributed by atoms with van der Waals surface area (Å²) >= 11 is 0. The number of hydrogen-bond donors (Lipinski definition) is 1. The molecule has 0 spiro atoms. The van der Waals surface area contributed by atoms with Crippen molar-refractivity contribution in [3.8, 4) is 0 Å². The van der Waals surface area contributed by atoms with Gasteiger partial charge in [-0.25, -0.2) is 0 Å². The molecule has 0 aromatic rings. The summed E-state index contributed by atoms with van der Waals surface area (Å²) < 4.78 is 0. The standard InChI is InChI=1S/C18H37NO/c1-12(2)17(7,8)11-15(16(20)19-14(5)6)18(9,10)13(3)4/h12-15H,11H2,1-10H3,(H,19,20). The van der Waals surface area contributed by atoms with E-state index in [9.17, 15) is 4.79 Å². The molecule has 0 rings (SSSR count). The molecule has 20 heavy (non-hydrogen) atoms. The van der Waals surface area contributed by atoms with E-state index in [0.29, 0.717) is 11.8 Å². The zero-order valence-electron chi connectivity index (χ0n) is 15.4. The molecule has 120 valence electrons. The lowest BCUT2D eigenvalue weighted by atomic mass is 9.63. The summed E-state index contributed by atoms with van der Waals surface area (Å²) in [7, 11) is 0. The first-order valence-corrected chi connectivity index (χ1v) is 8.12. The van der Waals surface area contributed by atoms with Crippen molar-refractivity contribution in [1.82, 2.24) is 5.32 Å². The average molecular weight is 284 g/mol. The summed E-state index contributed by atoms with van der Waals surface area (Å²) in [6.07, 6.45) is 0.939. The third-order valence-corrected chi connectivity index (χ3v) is 5.43. The molecule has 0 aliphatic heterocycles. The summed E-state index contributed by atoms with van der Waals surface area (Å²) in [5, 5.41) is 3.13. The lowest BCUT2D eigenvalue weighted by molar-refractivity contribution is -0.132. The van der Waals surface area contributed by atoms with Gasteiger partial charge in [0.2, 0.25) is 5.91 Å².